The van der Waals surface area contributed by atoms with Gasteiger partial charge in [0.25, 0.3) is 0 Å². The Kier molecular flexibility index (Phi) is 2.00. The smallest absolute Gasteiger partial charge is 0.148 e. The third-order valence-corrected chi connectivity index (χ3v) is 4.01. The van der Waals surface area contributed by atoms with Crippen LogP contribution in [0.25, 0.3) is 0 Å². The highest BCUT2D eigenvalue weighted by atomic mass is 32.2. The van der Waals surface area contributed by atoms with Gasteiger partial charge < -0.3 is 0 Å². The Hall–Kier alpha value is -0.280. The van der Waals surface area contributed by atoms with Gasteiger partial charge in [-0.05, 0) is 14.0 Å². The van der Waals surface area contributed by atoms with Gasteiger partial charge in [0.2, 0.25) is 0 Å². The summed E-state index contributed by atoms with van der Waals surface area (Å²) in [6.45, 7) is 1.69. The van der Waals surface area contributed by atoms with Crippen molar-refractivity contribution in [1.29, 1.82) is 0 Å². The predicted octanol–water partition coefficient (Wildman–Crippen LogP) is 0.930. The lowest BCUT2D eigenvalue weighted by Crippen LogP contribution is -2.55. The quantitative estimate of drug-likeness (QED) is 0.564. The van der Waals surface area contributed by atoms with Crippen LogP contribution < -0.4 is 0 Å². The SMILES string of the molecule is CC(=O)C1C2C=CC(CS2)N1C. The molecule has 12 heavy (non-hydrogen) atoms. The molecule has 0 radical (unpaired) electrons. The minimum Gasteiger partial charge on any atom is -0.298 e. The highest BCUT2D eigenvalue weighted by Gasteiger charge is 2.39. The summed E-state index contributed by atoms with van der Waals surface area (Å²) in [6.07, 6.45) is 4.41. The summed E-state index contributed by atoms with van der Waals surface area (Å²) in [5.41, 5.74) is 0. The number of likely N-dealkylation sites (N-methyl/N-ethyl adjacent to an activating group) is 1. The third kappa shape index (κ3) is 1.12. The first kappa shape index (κ1) is 8.32. The molecule has 66 valence electrons. The Labute approximate surface area is 77.0 Å². The topological polar surface area (TPSA) is 20.3 Å². The van der Waals surface area contributed by atoms with E-state index in [0.717, 1.165) is 5.75 Å². The molecule has 3 atom stereocenters. The molecule has 3 heterocycles. The zero-order chi connectivity index (χ0) is 8.72. The van der Waals surface area contributed by atoms with Gasteiger partial charge in [-0.2, -0.15) is 11.8 Å². The van der Waals surface area contributed by atoms with Crippen molar-refractivity contribution in [3.63, 3.8) is 0 Å². The summed E-state index contributed by atoms with van der Waals surface area (Å²) in [4.78, 5) is 13.5. The maximum absolute atomic E-state index is 11.3. The molecule has 0 aliphatic carbocycles. The molecular weight excluding hydrogens is 170 g/mol. The van der Waals surface area contributed by atoms with Crippen LogP contribution in [0.1, 0.15) is 6.92 Å². The highest BCUT2D eigenvalue weighted by molar-refractivity contribution is 8.00. The summed E-state index contributed by atoms with van der Waals surface area (Å²) in [5.74, 6) is 1.44. The average molecular weight is 183 g/mol. The minimum absolute atomic E-state index is 0.124. The highest BCUT2D eigenvalue weighted by Crippen LogP contribution is 2.34. The maximum atomic E-state index is 11.3. The van der Waals surface area contributed by atoms with E-state index in [0.29, 0.717) is 17.1 Å². The molecule has 3 unspecified atom stereocenters. The lowest BCUT2D eigenvalue weighted by molar-refractivity contribution is -0.122. The van der Waals surface area contributed by atoms with Crippen LogP contribution in [0.2, 0.25) is 0 Å². The molecule has 0 N–H and O–H groups in total. The van der Waals surface area contributed by atoms with E-state index in [-0.39, 0.29) is 6.04 Å². The molecule has 0 saturated carbocycles. The van der Waals surface area contributed by atoms with Gasteiger partial charge in [-0.1, -0.05) is 12.2 Å². The summed E-state index contributed by atoms with van der Waals surface area (Å²) in [7, 11) is 2.05. The van der Waals surface area contributed by atoms with Crippen LogP contribution in [-0.4, -0.2) is 40.8 Å². The molecule has 1 saturated heterocycles. The van der Waals surface area contributed by atoms with Gasteiger partial charge in [-0.3, -0.25) is 9.69 Å². The number of rotatable bonds is 1. The molecule has 3 aliphatic rings. The lowest BCUT2D eigenvalue weighted by Gasteiger charge is -2.44. The number of ketones is 1. The summed E-state index contributed by atoms with van der Waals surface area (Å²) in [6, 6.07) is 0.604. The number of fused-ring (bicyclic) bond motifs is 2. The van der Waals surface area contributed by atoms with Crippen molar-refractivity contribution in [2.45, 2.75) is 24.3 Å². The van der Waals surface area contributed by atoms with Crippen molar-refractivity contribution in [1.82, 2.24) is 4.90 Å². The number of thioether (sulfide) groups is 1. The van der Waals surface area contributed by atoms with Crippen LogP contribution in [-0.2, 0) is 4.79 Å². The molecule has 0 spiro atoms. The largest absolute Gasteiger partial charge is 0.298 e. The first-order chi connectivity index (χ1) is 5.70. The normalized spacial score (nSPS) is 40.3. The van der Waals surface area contributed by atoms with Gasteiger partial charge in [-0.25, -0.2) is 0 Å². The Morgan fingerprint density at radius 1 is 1.58 bits per heavy atom. The van der Waals surface area contributed by atoms with Gasteiger partial charge in [0, 0.05) is 17.0 Å². The molecule has 3 aliphatic heterocycles. The molecule has 0 aromatic rings. The van der Waals surface area contributed by atoms with Crippen molar-refractivity contribution < 1.29 is 4.79 Å². The van der Waals surface area contributed by atoms with Crippen molar-refractivity contribution in [2.75, 3.05) is 12.8 Å². The Morgan fingerprint density at radius 3 is 2.67 bits per heavy atom. The van der Waals surface area contributed by atoms with E-state index in [1.807, 2.05) is 18.8 Å². The first-order valence-corrected chi connectivity index (χ1v) is 5.27. The van der Waals surface area contributed by atoms with Crippen LogP contribution in [0.5, 0.6) is 0 Å². The number of carbonyl (C=O) groups excluding carboxylic acids is 1. The maximum Gasteiger partial charge on any atom is 0.148 e. The van der Waals surface area contributed by atoms with E-state index in [1.54, 1.807) is 6.92 Å². The summed E-state index contributed by atoms with van der Waals surface area (Å²) in [5, 5.41) is 0.400. The first-order valence-electron chi connectivity index (χ1n) is 4.22. The predicted molar refractivity (Wildman–Crippen MR) is 51.4 cm³/mol. The van der Waals surface area contributed by atoms with Crippen LogP contribution in [0.4, 0.5) is 0 Å². The number of Topliss-reactive ketones (excluding diaryl/α,β-unsaturated/α-hetero) is 1. The Morgan fingerprint density at radius 2 is 2.33 bits per heavy atom. The van der Waals surface area contributed by atoms with E-state index in [9.17, 15) is 4.79 Å². The van der Waals surface area contributed by atoms with Gasteiger partial charge in [0.1, 0.15) is 5.78 Å². The van der Waals surface area contributed by atoms with Gasteiger partial charge in [-0.15, -0.1) is 0 Å². The standard InChI is InChI=1S/C9H13NOS/c1-6(11)9-8-4-3-7(5-12-8)10(9)2/h3-4,7-9H,5H2,1-2H3. The molecule has 2 bridgehead atoms. The molecule has 3 rings (SSSR count). The lowest BCUT2D eigenvalue weighted by atomic mass is 10.00. The fourth-order valence-corrected chi connectivity index (χ4v) is 3.50. The van der Waals surface area contributed by atoms with E-state index < -0.39 is 0 Å². The van der Waals surface area contributed by atoms with Crippen molar-refractivity contribution in [3.8, 4) is 0 Å². The Bertz CT molecular complexity index is 239. The molecule has 3 heteroatoms. The van der Waals surface area contributed by atoms with E-state index in [4.69, 9.17) is 0 Å². The Balaban J connectivity index is 2.26. The van der Waals surface area contributed by atoms with E-state index in [1.165, 1.54) is 0 Å². The molecule has 0 aromatic heterocycles. The van der Waals surface area contributed by atoms with Gasteiger partial charge in [0.15, 0.2) is 0 Å². The second-order valence-corrected chi connectivity index (χ2v) is 4.68. The monoisotopic (exact) mass is 183 g/mol. The average Bonchev–Trinajstić information content (AvgIpc) is 2.05. The summed E-state index contributed by atoms with van der Waals surface area (Å²) >= 11 is 1.90. The van der Waals surface area contributed by atoms with Gasteiger partial charge >= 0.3 is 0 Å². The van der Waals surface area contributed by atoms with Crippen LogP contribution in [0.3, 0.4) is 0 Å². The van der Waals surface area contributed by atoms with E-state index in [2.05, 4.69) is 17.1 Å². The molecule has 0 aromatic carbocycles. The fraction of sp³-hybridized carbons (Fsp3) is 0.667. The summed E-state index contributed by atoms with van der Waals surface area (Å²) < 4.78 is 0. The number of carbonyl (C=O) groups is 1. The molecule has 1 fully saturated rings. The van der Waals surface area contributed by atoms with Crippen molar-refractivity contribution >= 4 is 17.5 Å². The third-order valence-electron chi connectivity index (χ3n) is 2.67. The van der Waals surface area contributed by atoms with Crippen molar-refractivity contribution in [2.24, 2.45) is 0 Å². The number of nitrogens with zero attached hydrogens (tertiary/aromatic N) is 1. The van der Waals surface area contributed by atoms with Gasteiger partial charge in [0.05, 0.1) is 6.04 Å². The zero-order valence-electron chi connectivity index (χ0n) is 7.36. The van der Waals surface area contributed by atoms with E-state index >= 15 is 0 Å². The van der Waals surface area contributed by atoms with Crippen LogP contribution in [0.15, 0.2) is 12.2 Å². The van der Waals surface area contributed by atoms with Crippen molar-refractivity contribution in [3.05, 3.63) is 12.2 Å². The van der Waals surface area contributed by atoms with Crippen LogP contribution in [0, 0.1) is 0 Å². The second kappa shape index (κ2) is 2.89. The minimum atomic E-state index is 0.124. The van der Waals surface area contributed by atoms with Crippen LogP contribution >= 0.6 is 11.8 Å². The second-order valence-electron chi connectivity index (χ2n) is 3.47. The molecule has 2 nitrogen and oxygen atoms in total. The fourth-order valence-electron chi connectivity index (χ4n) is 1.96. The zero-order valence-corrected chi connectivity index (χ0v) is 8.17. The number of hydrogen-bond acceptors (Lipinski definition) is 3. The molecule has 0 amide bonds. The number of hydrogen-bond donors (Lipinski definition) is 0. The molecular formula is C9H13NOS.